The molecule has 98 valence electrons. The van der Waals surface area contributed by atoms with Gasteiger partial charge in [-0.25, -0.2) is 9.97 Å². The number of piperidine rings is 1. The average molecular weight is 255 g/mol. The first kappa shape index (κ1) is 11.0. The van der Waals surface area contributed by atoms with Crippen molar-refractivity contribution in [2.45, 2.75) is 19.3 Å². The Labute approximate surface area is 111 Å². The van der Waals surface area contributed by atoms with E-state index in [1.165, 1.54) is 12.1 Å². The van der Waals surface area contributed by atoms with Gasteiger partial charge in [0.15, 0.2) is 11.3 Å². The normalized spacial score (nSPS) is 24.3. The lowest BCUT2D eigenvalue weighted by atomic mass is 9.86. The molecule has 0 spiro atoms. The Morgan fingerprint density at radius 2 is 2.26 bits per heavy atom. The van der Waals surface area contributed by atoms with Crippen LogP contribution in [0.2, 0.25) is 0 Å². The lowest BCUT2D eigenvalue weighted by Gasteiger charge is -2.29. The molecule has 0 unspecified atom stereocenters. The molecule has 5 nitrogen and oxygen atoms in total. The first-order valence-corrected chi connectivity index (χ1v) is 6.85. The van der Waals surface area contributed by atoms with Crippen LogP contribution >= 0.6 is 0 Å². The van der Waals surface area contributed by atoms with E-state index >= 15 is 0 Å². The number of aromatic amines is 1. The number of hydrogen-bond acceptors (Lipinski definition) is 3. The maximum Gasteiger partial charge on any atom is 0.156 e. The van der Waals surface area contributed by atoms with Crippen LogP contribution < -0.4 is 5.32 Å². The van der Waals surface area contributed by atoms with Crippen LogP contribution in [-0.2, 0) is 0 Å². The molecule has 0 bridgehead atoms. The summed E-state index contributed by atoms with van der Waals surface area (Å²) in [6, 6.07) is 2.07. The summed E-state index contributed by atoms with van der Waals surface area (Å²) in [5.74, 6) is 1.20. The van der Waals surface area contributed by atoms with Gasteiger partial charge in [0.05, 0.1) is 11.7 Å². The molecule has 1 aliphatic rings. The van der Waals surface area contributed by atoms with E-state index in [9.17, 15) is 0 Å². The van der Waals surface area contributed by atoms with Gasteiger partial charge in [0.2, 0.25) is 0 Å². The lowest BCUT2D eigenvalue weighted by molar-refractivity contribution is 0.342. The number of H-pyrrole nitrogens is 1. The standard InChI is InChI=1S/C14H17N5/c1-9-2-4-15-6-10(9)12-7-17-13-8-18-14-11(19(12)13)3-5-16-14/h3,5,7-10,15-16H,2,4,6H2,1H3/t9-,10+/m0/s1. The van der Waals surface area contributed by atoms with E-state index in [-0.39, 0.29) is 0 Å². The van der Waals surface area contributed by atoms with E-state index < -0.39 is 0 Å². The Morgan fingerprint density at radius 1 is 1.32 bits per heavy atom. The van der Waals surface area contributed by atoms with Crippen LogP contribution in [0.4, 0.5) is 0 Å². The molecule has 4 rings (SSSR count). The smallest absolute Gasteiger partial charge is 0.156 e. The van der Waals surface area contributed by atoms with Crippen molar-refractivity contribution >= 4 is 16.8 Å². The molecule has 2 N–H and O–H groups in total. The molecule has 19 heavy (non-hydrogen) atoms. The highest BCUT2D eigenvalue weighted by atomic mass is 15.1. The number of nitrogens with zero attached hydrogens (tertiary/aromatic N) is 3. The van der Waals surface area contributed by atoms with Crippen LogP contribution in [0.5, 0.6) is 0 Å². The van der Waals surface area contributed by atoms with Crippen LogP contribution in [0.1, 0.15) is 25.0 Å². The summed E-state index contributed by atoms with van der Waals surface area (Å²) in [7, 11) is 0. The highest BCUT2D eigenvalue weighted by molar-refractivity contribution is 5.74. The SMILES string of the molecule is C[C@H]1CCNC[C@H]1c1cnc2cnc3[nH]ccc3n12. The molecule has 5 heteroatoms. The van der Waals surface area contributed by atoms with Crippen molar-refractivity contribution in [3.8, 4) is 0 Å². The Bertz CT molecular complexity index is 726. The maximum atomic E-state index is 4.52. The zero-order chi connectivity index (χ0) is 12.8. The second kappa shape index (κ2) is 4.06. The predicted octanol–water partition coefficient (Wildman–Crippen LogP) is 1.92. The van der Waals surface area contributed by atoms with Gasteiger partial charge in [0.25, 0.3) is 0 Å². The van der Waals surface area contributed by atoms with Gasteiger partial charge in [0.1, 0.15) is 0 Å². The molecule has 2 atom stereocenters. The summed E-state index contributed by atoms with van der Waals surface area (Å²) in [5, 5.41) is 3.50. The van der Waals surface area contributed by atoms with Crippen molar-refractivity contribution in [3.05, 3.63) is 30.4 Å². The van der Waals surface area contributed by atoms with Gasteiger partial charge in [-0.1, -0.05) is 6.92 Å². The number of hydrogen-bond donors (Lipinski definition) is 2. The van der Waals surface area contributed by atoms with Crippen LogP contribution in [0.15, 0.2) is 24.7 Å². The molecule has 0 aliphatic carbocycles. The topological polar surface area (TPSA) is 58.0 Å². The van der Waals surface area contributed by atoms with Gasteiger partial charge in [-0.15, -0.1) is 0 Å². The highest BCUT2D eigenvalue weighted by Gasteiger charge is 2.26. The molecular weight excluding hydrogens is 238 g/mol. The van der Waals surface area contributed by atoms with Crippen molar-refractivity contribution in [2.24, 2.45) is 5.92 Å². The van der Waals surface area contributed by atoms with Crippen molar-refractivity contribution in [3.63, 3.8) is 0 Å². The Hall–Kier alpha value is -1.88. The molecule has 0 radical (unpaired) electrons. The number of aromatic nitrogens is 4. The van der Waals surface area contributed by atoms with E-state index in [0.29, 0.717) is 11.8 Å². The summed E-state index contributed by atoms with van der Waals surface area (Å²) < 4.78 is 2.24. The summed E-state index contributed by atoms with van der Waals surface area (Å²) in [6.07, 6.45) is 7.00. The van der Waals surface area contributed by atoms with Crippen molar-refractivity contribution in [1.82, 2.24) is 24.7 Å². The molecule has 1 aliphatic heterocycles. The van der Waals surface area contributed by atoms with Crippen molar-refractivity contribution in [1.29, 1.82) is 0 Å². The van der Waals surface area contributed by atoms with E-state index in [2.05, 4.69) is 37.7 Å². The zero-order valence-corrected chi connectivity index (χ0v) is 10.9. The van der Waals surface area contributed by atoms with Gasteiger partial charge in [-0.3, -0.25) is 4.40 Å². The van der Waals surface area contributed by atoms with Crippen LogP contribution in [-0.4, -0.2) is 32.4 Å². The van der Waals surface area contributed by atoms with Crippen LogP contribution in [0.3, 0.4) is 0 Å². The minimum Gasteiger partial charge on any atom is -0.345 e. The van der Waals surface area contributed by atoms with Gasteiger partial charge >= 0.3 is 0 Å². The second-order valence-electron chi connectivity index (χ2n) is 5.42. The summed E-state index contributed by atoms with van der Waals surface area (Å²) >= 11 is 0. The van der Waals surface area contributed by atoms with E-state index in [0.717, 1.165) is 29.9 Å². The van der Waals surface area contributed by atoms with E-state index in [1.807, 2.05) is 18.6 Å². The molecule has 3 aromatic rings. The first-order valence-electron chi connectivity index (χ1n) is 6.85. The number of nitrogens with one attached hydrogen (secondary N) is 2. The quantitative estimate of drug-likeness (QED) is 0.698. The Morgan fingerprint density at radius 3 is 3.16 bits per heavy atom. The van der Waals surface area contributed by atoms with E-state index in [4.69, 9.17) is 0 Å². The molecule has 1 fully saturated rings. The molecule has 1 saturated heterocycles. The molecule has 0 aromatic carbocycles. The molecular formula is C14H17N5. The third-order valence-corrected chi connectivity index (χ3v) is 4.28. The second-order valence-corrected chi connectivity index (χ2v) is 5.42. The number of rotatable bonds is 1. The van der Waals surface area contributed by atoms with Gasteiger partial charge in [0, 0.05) is 30.6 Å². The van der Waals surface area contributed by atoms with Crippen molar-refractivity contribution in [2.75, 3.05) is 13.1 Å². The van der Waals surface area contributed by atoms with Gasteiger partial charge in [-0.2, -0.15) is 0 Å². The van der Waals surface area contributed by atoms with Gasteiger partial charge < -0.3 is 10.3 Å². The predicted molar refractivity (Wildman–Crippen MR) is 74.2 cm³/mol. The lowest BCUT2D eigenvalue weighted by Crippen LogP contribution is -2.34. The summed E-state index contributed by atoms with van der Waals surface area (Å²) in [5.41, 5.74) is 4.26. The fourth-order valence-corrected chi connectivity index (χ4v) is 3.14. The zero-order valence-electron chi connectivity index (χ0n) is 10.9. The van der Waals surface area contributed by atoms with Gasteiger partial charge in [-0.05, 0) is 24.9 Å². The largest absolute Gasteiger partial charge is 0.345 e. The third-order valence-electron chi connectivity index (χ3n) is 4.28. The van der Waals surface area contributed by atoms with Crippen LogP contribution in [0, 0.1) is 5.92 Å². The average Bonchev–Trinajstić information content (AvgIpc) is 3.04. The van der Waals surface area contributed by atoms with Crippen molar-refractivity contribution < 1.29 is 0 Å². The molecule has 0 amide bonds. The first-order chi connectivity index (χ1) is 9.34. The summed E-state index contributed by atoms with van der Waals surface area (Å²) in [6.45, 7) is 4.49. The fraction of sp³-hybridized carbons (Fsp3) is 0.429. The van der Waals surface area contributed by atoms with Crippen LogP contribution in [0.25, 0.3) is 16.8 Å². The Kier molecular flexibility index (Phi) is 2.35. The highest BCUT2D eigenvalue weighted by Crippen LogP contribution is 2.30. The summed E-state index contributed by atoms with van der Waals surface area (Å²) in [4.78, 5) is 12.1. The monoisotopic (exact) mass is 255 g/mol. The molecule has 3 aromatic heterocycles. The maximum absolute atomic E-state index is 4.52. The third kappa shape index (κ3) is 1.58. The fourth-order valence-electron chi connectivity index (χ4n) is 3.14. The minimum absolute atomic E-state index is 0.518. The minimum atomic E-state index is 0.518. The molecule has 0 saturated carbocycles. The number of imidazole rings is 1. The number of fused-ring (bicyclic) bond motifs is 3. The Balaban J connectivity index is 1.96. The molecule has 4 heterocycles. The van der Waals surface area contributed by atoms with E-state index in [1.54, 1.807) is 0 Å².